The van der Waals surface area contributed by atoms with E-state index in [0.29, 0.717) is 32.4 Å². The molecule has 1 atom stereocenters. The van der Waals surface area contributed by atoms with Crippen molar-refractivity contribution in [3.8, 4) is 0 Å². The predicted molar refractivity (Wildman–Crippen MR) is 131 cm³/mol. The summed E-state index contributed by atoms with van der Waals surface area (Å²) in [6, 6.07) is 18.3. The molecule has 0 unspecified atom stereocenters. The molecule has 1 saturated heterocycles. The number of hydrogen-bond acceptors (Lipinski definition) is 7. The molecule has 2 heterocycles. The number of anilines is 1. The molecule has 1 aliphatic heterocycles. The van der Waals surface area contributed by atoms with Gasteiger partial charge in [-0.25, -0.2) is 9.97 Å². The monoisotopic (exact) mass is 461 g/mol. The molecule has 0 bridgehead atoms. The van der Waals surface area contributed by atoms with Crippen LogP contribution in [0.25, 0.3) is 10.9 Å². The Kier molecular flexibility index (Phi) is 8.04. The Morgan fingerprint density at radius 2 is 1.91 bits per heavy atom. The van der Waals surface area contributed by atoms with Gasteiger partial charge in [-0.15, -0.1) is 0 Å². The summed E-state index contributed by atoms with van der Waals surface area (Å²) in [7, 11) is 1.40. The van der Waals surface area contributed by atoms with Crippen LogP contribution in [0.1, 0.15) is 37.1 Å². The van der Waals surface area contributed by atoms with E-state index < -0.39 is 0 Å². The lowest BCUT2D eigenvalue weighted by atomic mass is 10.1. The van der Waals surface area contributed by atoms with Crippen molar-refractivity contribution in [2.24, 2.45) is 0 Å². The van der Waals surface area contributed by atoms with Crippen molar-refractivity contribution in [2.45, 2.75) is 44.8 Å². The number of ether oxygens (including phenoxy) is 1. The maximum Gasteiger partial charge on any atom is 0.305 e. The van der Waals surface area contributed by atoms with E-state index in [4.69, 9.17) is 14.7 Å². The first-order valence-electron chi connectivity index (χ1n) is 11.7. The number of fused-ring (bicyclic) bond motifs is 1. The zero-order chi connectivity index (χ0) is 23.8. The number of carbonyl (C=O) groups is 2. The number of benzene rings is 2. The highest BCUT2D eigenvalue weighted by Crippen LogP contribution is 2.22. The van der Waals surface area contributed by atoms with Gasteiger partial charge in [-0.1, -0.05) is 42.5 Å². The molecule has 1 aromatic heterocycles. The summed E-state index contributed by atoms with van der Waals surface area (Å²) >= 11 is 0. The van der Waals surface area contributed by atoms with Crippen LogP contribution in [-0.4, -0.2) is 53.0 Å². The highest BCUT2D eigenvalue weighted by molar-refractivity contribution is 5.89. The summed E-state index contributed by atoms with van der Waals surface area (Å²) in [6.45, 7) is 2.64. The Morgan fingerprint density at radius 3 is 2.68 bits per heavy atom. The SMILES string of the molecule is COC(=O)CCCNc1nc(CN(Cc2ccccc2)C[C@@H]2CCC(=O)N2)nc2ccccc12. The molecule has 3 aromatic rings. The lowest BCUT2D eigenvalue weighted by Crippen LogP contribution is -2.38. The Labute approximate surface area is 199 Å². The fraction of sp³-hybridized carbons (Fsp3) is 0.385. The number of carbonyl (C=O) groups excluding carboxylic acids is 2. The molecule has 2 N–H and O–H groups in total. The molecule has 8 heteroatoms. The van der Waals surface area contributed by atoms with E-state index in [-0.39, 0.29) is 17.9 Å². The quantitative estimate of drug-likeness (QED) is 0.334. The second-order valence-corrected chi connectivity index (χ2v) is 8.57. The molecule has 0 saturated carbocycles. The van der Waals surface area contributed by atoms with E-state index in [1.54, 1.807) is 0 Å². The summed E-state index contributed by atoms with van der Waals surface area (Å²) in [5.41, 5.74) is 2.07. The van der Waals surface area contributed by atoms with Crippen molar-refractivity contribution in [1.82, 2.24) is 20.2 Å². The molecular weight excluding hydrogens is 430 g/mol. The second kappa shape index (κ2) is 11.6. The standard InChI is InChI=1S/C26H31N5O3/c1-34-25(33)12-7-15-27-26-21-10-5-6-11-22(21)29-23(30-26)18-31(16-19-8-3-2-4-9-19)17-20-13-14-24(32)28-20/h2-6,8-11,20H,7,12-18H2,1H3,(H,28,32)(H,27,29,30)/t20-/m0/s1. The summed E-state index contributed by atoms with van der Waals surface area (Å²) in [4.78, 5) is 35.1. The highest BCUT2D eigenvalue weighted by atomic mass is 16.5. The third-order valence-electron chi connectivity index (χ3n) is 5.90. The van der Waals surface area contributed by atoms with Gasteiger partial charge >= 0.3 is 5.97 Å². The van der Waals surface area contributed by atoms with Crippen molar-refractivity contribution in [3.05, 3.63) is 66.0 Å². The van der Waals surface area contributed by atoms with Crippen LogP contribution in [0.2, 0.25) is 0 Å². The maximum absolute atomic E-state index is 11.7. The lowest BCUT2D eigenvalue weighted by Gasteiger charge is -2.25. The van der Waals surface area contributed by atoms with Crippen LogP contribution in [0.5, 0.6) is 0 Å². The zero-order valence-electron chi connectivity index (χ0n) is 19.5. The summed E-state index contributed by atoms with van der Waals surface area (Å²) < 4.78 is 4.72. The number of amides is 1. The molecule has 1 aliphatic rings. The van der Waals surface area contributed by atoms with Gasteiger partial charge < -0.3 is 15.4 Å². The van der Waals surface area contributed by atoms with Gasteiger partial charge in [0.2, 0.25) is 5.91 Å². The molecule has 0 radical (unpaired) electrons. The minimum absolute atomic E-state index is 0.116. The number of methoxy groups -OCH3 is 1. The van der Waals surface area contributed by atoms with Gasteiger partial charge in [0.1, 0.15) is 11.6 Å². The number of rotatable bonds is 11. The smallest absolute Gasteiger partial charge is 0.305 e. The fourth-order valence-electron chi connectivity index (χ4n) is 4.22. The van der Waals surface area contributed by atoms with Gasteiger partial charge in [0.25, 0.3) is 0 Å². The third-order valence-corrected chi connectivity index (χ3v) is 5.90. The Bertz CT molecular complexity index is 1120. The van der Waals surface area contributed by atoms with Gasteiger partial charge in [-0.3, -0.25) is 14.5 Å². The van der Waals surface area contributed by atoms with E-state index in [9.17, 15) is 9.59 Å². The second-order valence-electron chi connectivity index (χ2n) is 8.57. The van der Waals surface area contributed by atoms with Crippen LogP contribution in [0.15, 0.2) is 54.6 Å². The molecule has 1 amide bonds. The summed E-state index contributed by atoms with van der Waals surface area (Å²) in [5.74, 6) is 1.38. The van der Waals surface area contributed by atoms with Crippen LogP contribution < -0.4 is 10.6 Å². The first kappa shape index (κ1) is 23.6. The summed E-state index contributed by atoms with van der Waals surface area (Å²) in [5, 5.41) is 7.39. The van der Waals surface area contributed by atoms with Gasteiger partial charge in [-0.05, 0) is 30.5 Å². The van der Waals surface area contributed by atoms with Crippen LogP contribution >= 0.6 is 0 Å². The molecule has 1 fully saturated rings. The third kappa shape index (κ3) is 6.51. The fourth-order valence-corrected chi connectivity index (χ4v) is 4.22. The van der Waals surface area contributed by atoms with Gasteiger partial charge in [0.15, 0.2) is 0 Å². The zero-order valence-corrected chi connectivity index (χ0v) is 19.5. The van der Waals surface area contributed by atoms with Gasteiger partial charge in [-0.2, -0.15) is 0 Å². The Morgan fingerprint density at radius 1 is 1.12 bits per heavy atom. The number of para-hydroxylation sites is 1. The molecule has 4 rings (SSSR count). The van der Waals surface area contributed by atoms with Crippen LogP contribution in [0, 0.1) is 0 Å². The molecule has 34 heavy (non-hydrogen) atoms. The van der Waals surface area contributed by atoms with E-state index in [2.05, 4.69) is 27.7 Å². The number of esters is 1. The van der Waals surface area contributed by atoms with Gasteiger partial charge in [0.05, 0.1) is 19.2 Å². The average molecular weight is 462 g/mol. The van der Waals surface area contributed by atoms with E-state index in [0.717, 1.165) is 42.1 Å². The number of aromatic nitrogens is 2. The van der Waals surface area contributed by atoms with Crippen molar-refractivity contribution < 1.29 is 14.3 Å². The molecule has 0 spiro atoms. The predicted octanol–water partition coefficient (Wildman–Crippen LogP) is 3.28. The number of nitrogens with one attached hydrogen (secondary N) is 2. The average Bonchev–Trinajstić information content (AvgIpc) is 3.26. The Balaban J connectivity index is 1.52. The highest BCUT2D eigenvalue weighted by Gasteiger charge is 2.24. The van der Waals surface area contributed by atoms with Crippen LogP contribution in [0.3, 0.4) is 0 Å². The summed E-state index contributed by atoms with van der Waals surface area (Å²) in [6.07, 6.45) is 2.44. The van der Waals surface area contributed by atoms with E-state index in [1.165, 1.54) is 12.7 Å². The topological polar surface area (TPSA) is 96.5 Å². The van der Waals surface area contributed by atoms with Crippen molar-refractivity contribution in [2.75, 3.05) is 25.5 Å². The van der Waals surface area contributed by atoms with Gasteiger partial charge in [0, 0.05) is 43.9 Å². The van der Waals surface area contributed by atoms with Crippen molar-refractivity contribution in [3.63, 3.8) is 0 Å². The number of nitrogens with zero attached hydrogens (tertiary/aromatic N) is 3. The first-order valence-corrected chi connectivity index (χ1v) is 11.7. The minimum atomic E-state index is -0.217. The molecular formula is C26H31N5O3. The largest absolute Gasteiger partial charge is 0.469 e. The Hall–Kier alpha value is -3.52. The number of hydrogen-bond donors (Lipinski definition) is 2. The van der Waals surface area contributed by atoms with E-state index in [1.807, 2.05) is 42.5 Å². The van der Waals surface area contributed by atoms with Crippen LogP contribution in [-0.2, 0) is 27.4 Å². The molecule has 0 aliphatic carbocycles. The molecule has 8 nitrogen and oxygen atoms in total. The minimum Gasteiger partial charge on any atom is -0.469 e. The van der Waals surface area contributed by atoms with Crippen molar-refractivity contribution in [1.29, 1.82) is 0 Å². The molecule has 178 valence electrons. The first-order chi connectivity index (χ1) is 16.6. The maximum atomic E-state index is 11.7. The molecule has 2 aromatic carbocycles. The van der Waals surface area contributed by atoms with Crippen molar-refractivity contribution >= 4 is 28.6 Å². The van der Waals surface area contributed by atoms with Crippen LogP contribution in [0.4, 0.5) is 5.82 Å². The van der Waals surface area contributed by atoms with E-state index >= 15 is 0 Å². The lowest BCUT2D eigenvalue weighted by molar-refractivity contribution is -0.140. The normalized spacial score (nSPS) is 15.5.